The van der Waals surface area contributed by atoms with E-state index in [4.69, 9.17) is 11.6 Å². The second-order valence-electron chi connectivity index (χ2n) is 6.22. The minimum absolute atomic E-state index is 0.196. The molecular formula is C22H19ClN2O2. The number of amides is 1. The topological polar surface area (TPSA) is 59.1 Å². The number of nitrogens with one attached hydrogen (secondary N) is 1. The molecule has 0 aliphatic heterocycles. The first kappa shape index (κ1) is 18.8. The van der Waals surface area contributed by atoms with Gasteiger partial charge >= 0.3 is 0 Å². The lowest BCUT2D eigenvalue weighted by Gasteiger charge is -2.07. The highest BCUT2D eigenvalue weighted by molar-refractivity contribution is 6.29. The van der Waals surface area contributed by atoms with Gasteiger partial charge in [0.15, 0.2) is 0 Å². The summed E-state index contributed by atoms with van der Waals surface area (Å²) in [5.41, 5.74) is 3.20. The minimum Gasteiger partial charge on any atom is -0.322 e. The molecule has 3 rings (SSSR count). The van der Waals surface area contributed by atoms with Crippen molar-refractivity contribution in [2.24, 2.45) is 0 Å². The van der Waals surface area contributed by atoms with Gasteiger partial charge in [-0.05, 0) is 41.8 Å². The second kappa shape index (κ2) is 9.10. The quantitative estimate of drug-likeness (QED) is 0.604. The first-order valence-corrected chi connectivity index (χ1v) is 9.05. The molecule has 5 heteroatoms. The molecule has 2 aromatic carbocycles. The fourth-order valence-electron chi connectivity index (χ4n) is 2.70. The van der Waals surface area contributed by atoms with Crippen LogP contribution in [0.4, 0.5) is 5.69 Å². The van der Waals surface area contributed by atoms with Crippen molar-refractivity contribution in [2.75, 3.05) is 5.32 Å². The summed E-state index contributed by atoms with van der Waals surface area (Å²) in [6.45, 7) is 0. The lowest BCUT2D eigenvalue weighted by Crippen LogP contribution is -2.12. The fourth-order valence-corrected chi connectivity index (χ4v) is 2.87. The summed E-state index contributed by atoms with van der Waals surface area (Å²) in [5.74, 6) is -0.0620. The SMILES string of the molecule is O=C(CCc1ccccc1)Cc1ccc(NC(=O)c2ccnc(Cl)c2)cc1. The normalized spacial score (nSPS) is 10.4. The molecule has 1 amide bonds. The van der Waals surface area contributed by atoms with Gasteiger partial charge in [-0.15, -0.1) is 0 Å². The third kappa shape index (κ3) is 5.76. The average Bonchev–Trinajstić information content (AvgIpc) is 2.69. The number of benzene rings is 2. The third-order valence-electron chi connectivity index (χ3n) is 4.14. The van der Waals surface area contributed by atoms with E-state index in [9.17, 15) is 9.59 Å². The van der Waals surface area contributed by atoms with Gasteiger partial charge in [0.25, 0.3) is 5.91 Å². The number of hydrogen-bond donors (Lipinski definition) is 1. The Hall–Kier alpha value is -2.98. The predicted octanol–water partition coefficient (Wildman–Crippen LogP) is 4.73. The van der Waals surface area contributed by atoms with E-state index in [1.807, 2.05) is 42.5 Å². The molecule has 4 nitrogen and oxygen atoms in total. The Morgan fingerprint density at radius 1 is 0.926 bits per heavy atom. The van der Waals surface area contributed by atoms with Gasteiger partial charge in [0.1, 0.15) is 10.9 Å². The number of anilines is 1. The molecule has 0 aliphatic carbocycles. The Morgan fingerprint density at radius 2 is 1.67 bits per heavy atom. The fraction of sp³-hybridized carbons (Fsp3) is 0.136. The van der Waals surface area contributed by atoms with E-state index in [2.05, 4.69) is 10.3 Å². The van der Waals surface area contributed by atoms with Crippen molar-refractivity contribution in [2.45, 2.75) is 19.3 Å². The molecule has 27 heavy (non-hydrogen) atoms. The number of carbonyl (C=O) groups excluding carboxylic acids is 2. The number of carbonyl (C=O) groups is 2. The van der Waals surface area contributed by atoms with Gasteiger partial charge < -0.3 is 5.32 Å². The van der Waals surface area contributed by atoms with Crippen molar-refractivity contribution in [1.29, 1.82) is 0 Å². The lowest BCUT2D eigenvalue weighted by atomic mass is 10.0. The number of hydrogen-bond acceptors (Lipinski definition) is 3. The summed E-state index contributed by atoms with van der Waals surface area (Å²) >= 11 is 5.80. The first-order valence-electron chi connectivity index (χ1n) is 8.67. The van der Waals surface area contributed by atoms with Crippen LogP contribution in [-0.4, -0.2) is 16.7 Å². The van der Waals surface area contributed by atoms with Gasteiger partial charge in [-0.25, -0.2) is 4.98 Å². The number of nitrogens with zero attached hydrogens (tertiary/aromatic N) is 1. The van der Waals surface area contributed by atoms with Crippen LogP contribution in [0.3, 0.4) is 0 Å². The van der Waals surface area contributed by atoms with Crippen LogP contribution in [0.15, 0.2) is 72.9 Å². The third-order valence-corrected chi connectivity index (χ3v) is 4.34. The van der Waals surface area contributed by atoms with Crippen LogP contribution in [0.2, 0.25) is 5.15 Å². The van der Waals surface area contributed by atoms with Crippen LogP contribution < -0.4 is 5.32 Å². The average molecular weight is 379 g/mol. The monoisotopic (exact) mass is 378 g/mol. The maximum atomic E-state index is 12.2. The number of ketones is 1. The minimum atomic E-state index is -0.258. The Balaban J connectivity index is 1.52. The Labute approximate surface area is 163 Å². The standard InChI is InChI=1S/C22H19ClN2O2/c23-21-15-18(12-13-24-21)22(27)25-19-9-6-17(7-10-19)14-20(26)11-8-16-4-2-1-3-5-16/h1-7,9-10,12-13,15H,8,11,14H2,(H,25,27). The van der Waals surface area contributed by atoms with Crippen LogP contribution in [0.5, 0.6) is 0 Å². The maximum Gasteiger partial charge on any atom is 0.255 e. The van der Waals surface area contributed by atoms with Crippen molar-refractivity contribution in [3.8, 4) is 0 Å². The van der Waals surface area contributed by atoms with Crippen LogP contribution in [-0.2, 0) is 17.6 Å². The summed E-state index contributed by atoms with van der Waals surface area (Å²) in [5, 5.41) is 3.07. The Kier molecular flexibility index (Phi) is 6.34. The van der Waals surface area contributed by atoms with Crippen LogP contribution in [0, 0.1) is 0 Å². The molecule has 1 N–H and O–H groups in total. The molecule has 0 bridgehead atoms. The molecule has 1 aromatic heterocycles. The van der Waals surface area contributed by atoms with Gasteiger partial charge in [0.2, 0.25) is 0 Å². The smallest absolute Gasteiger partial charge is 0.255 e. The van der Waals surface area contributed by atoms with Gasteiger partial charge in [0.05, 0.1) is 0 Å². The van der Waals surface area contributed by atoms with Crippen molar-refractivity contribution in [1.82, 2.24) is 4.98 Å². The van der Waals surface area contributed by atoms with Gasteiger partial charge in [0, 0.05) is 30.3 Å². The van der Waals surface area contributed by atoms with Crippen molar-refractivity contribution >= 4 is 29.0 Å². The zero-order valence-corrected chi connectivity index (χ0v) is 15.4. The van der Waals surface area contributed by atoms with Crippen molar-refractivity contribution < 1.29 is 9.59 Å². The van der Waals surface area contributed by atoms with Crippen molar-refractivity contribution in [3.63, 3.8) is 0 Å². The Bertz CT molecular complexity index is 925. The van der Waals surface area contributed by atoms with Gasteiger partial charge in [-0.1, -0.05) is 54.1 Å². The number of pyridine rings is 1. The number of halogens is 1. The second-order valence-corrected chi connectivity index (χ2v) is 6.61. The van der Waals surface area contributed by atoms with E-state index >= 15 is 0 Å². The largest absolute Gasteiger partial charge is 0.322 e. The Morgan fingerprint density at radius 3 is 2.37 bits per heavy atom. The van der Waals surface area contributed by atoms with Crippen LogP contribution in [0.1, 0.15) is 27.9 Å². The number of Topliss-reactive ketones (excluding diaryl/α,β-unsaturated/α-hetero) is 1. The zero-order valence-electron chi connectivity index (χ0n) is 14.7. The number of aromatic nitrogens is 1. The molecule has 1 heterocycles. The summed E-state index contributed by atoms with van der Waals surface area (Å²) in [6, 6.07) is 20.4. The lowest BCUT2D eigenvalue weighted by molar-refractivity contribution is -0.118. The highest BCUT2D eigenvalue weighted by Gasteiger charge is 2.08. The molecule has 0 atom stereocenters. The molecule has 0 aliphatic rings. The summed E-state index contributed by atoms with van der Waals surface area (Å²) < 4.78 is 0. The summed E-state index contributed by atoms with van der Waals surface area (Å²) in [6.07, 6.45) is 3.15. The molecule has 0 spiro atoms. The van der Waals surface area contributed by atoms with Gasteiger partial charge in [-0.3, -0.25) is 9.59 Å². The highest BCUT2D eigenvalue weighted by atomic mass is 35.5. The number of aryl methyl sites for hydroxylation is 1. The van der Waals surface area contributed by atoms with Gasteiger partial charge in [-0.2, -0.15) is 0 Å². The molecular weight excluding hydrogens is 360 g/mol. The summed E-state index contributed by atoms with van der Waals surface area (Å²) in [4.78, 5) is 28.2. The van der Waals surface area contributed by atoms with E-state index < -0.39 is 0 Å². The highest BCUT2D eigenvalue weighted by Crippen LogP contribution is 2.14. The molecule has 0 saturated heterocycles. The van der Waals surface area contributed by atoms with Crippen LogP contribution >= 0.6 is 11.6 Å². The van der Waals surface area contributed by atoms with Crippen molar-refractivity contribution in [3.05, 3.63) is 94.8 Å². The van der Waals surface area contributed by atoms with Crippen LogP contribution in [0.25, 0.3) is 0 Å². The molecule has 136 valence electrons. The van der Waals surface area contributed by atoms with E-state index in [0.717, 1.165) is 12.0 Å². The molecule has 0 radical (unpaired) electrons. The zero-order chi connectivity index (χ0) is 19.1. The van der Waals surface area contributed by atoms with E-state index in [-0.39, 0.29) is 16.8 Å². The molecule has 3 aromatic rings. The molecule has 0 fully saturated rings. The summed E-state index contributed by atoms with van der Waals surface area (Å²) in [7, 11) is 0. The maximum absolute atomic E-state index is 12.2. The van der Waals surface area contributed by atoms with E-state index in [1.54, 1.807) is 18.2 Å². The number of rotatable bonds is 7. The molecule has 0 saturated carbocycles. The molecule has 0 unspecified atom stereocenters. The van der Waals surface area contributed by atoms with E-state index in [1.165, 1.54) is 17.8 Å². The first-order chi connectivity index (χ1) is 13.1. The van der Waals surface area contributed by atoms with E-state index in [0.29, 0.717) is 24.1 Å². The predicted molar refractivity (Wildman–Crippen MR) is 107 cm³/mol.